The highest BCUT2D eigenvalue weighted by atomic mass is 19.1. The molecule has 0 spiro atoms. The van der Waals surface area contributed by atoms with Crippen LogP contribution >= 0.6 is 0 Å². The maximum Gasteiger partial charge on any atom is 0.253 e. The smallest absolute Gasteiger partial charge is 0.253 e. The molecule has 0 aromatic heterocycles. The third kappa shape index (κ3) is 1.89. The van der Waals surface area contributed by atoms with Crippen molar-refractivity contribution in [3.05, 3.63) is 35.6 Å². The number of likely N-dealkylation sites (tertiary alicyclic amines) is 1. The van der Waals surface area contributed by atoms with Crippen LogP contribution < -0.4 is 5.32 Å². The minimum absolute atomic E-state index is 0.235. The summed E-state index contributed by atoms with van der Waals surface area (Å²) < 4.78 is 12.8. The highest BCUT2D eigenvalue weighted by Gasteiger charge is 2.48. The van der Waals surface area contributed by atoms with E-state index in [4.69, 9.17) is 0 Å². The molecule has 1 N–H and O–H groups in total. The average molecular weight is 262 g/mol. The van der Waals surface area contributed by atoms with Crippen LogP contribution in [-0.4, -0.2) is 35.7 Å². The number of halogens is 1. The summed E-state index contributed by atoms with van der Waals surface area (Å²) in [6.45, 7) is 0.469. The number of hydrogen-bond acceptors (Lipinski definition) is 3. The summed E-state index contributed by atoms with van der Waals surface area (Å²) in [4.78, 5) is 36.6. The van der Waals surface area contributed by atoms with Gasteiger partial charge >= 0.3 is 0 Å². The summed E-state index contributed by atoms with van der Waals surface area (Å²) in [6.07, 6.45) is 0. The predicted octanol–water partition coefficient (Wildman–Crippen LogP) is 0.170. The molecule has 19 heavy (non-hydrogen) atoms. The van der Waals surface area contributed by atoms with Crippen LogP contribution in [0.1, 0.15) is 10.4 Å². The van der Waals surface area contributed by atoms with Gasteiger partial charge in [-0.15, -0.1) is 0 Å². The van der Waals surface area contributed by atoms with Gasteiger partial charge in [0.25, 0.3) is 5.91 Å². The molecule has 6 heteroatoms. The second-order valence-corrected chi connectivity index (χ2v) is 4.78. The maximum atomic E-state index is 12.8. The lowest BCUT2D eigenvalue weighted by Gasteiger charge is -2.16. The molecule has 0 aliphatic carbocycles. The zero-order valence-corrected chi connectivity index (χ0v) is 9.93. The van der Waals surface area contributed by atoms with E-state index in [-0.39, 0.29) is 30.8 Å². The largest absolute Gasteiger partial charge is 0.337 e. The fourth-order valence-electron chi connectivity index (χ4n) is 2.58. The maximum absolute atomic E-state index is 12.8. The van der Waals surface area contributed by atoms with Gasteiger partial charge in [-0.1, -0.05) is 0 Å². The SMILES string of the molecule is O=C1NC(=O)[C@@H]2CN(C(=O)c3ccc(F)cc3)C[C@H]12. The molecule has 2 saturated heterocycles. The number of benzene rings is 1. The molecule has 3 amide bonds. The molecule has 2 heterocycles. The molecular formula is C13H11FN2O3. The van der Waals surface area contributed by atoms with Gasteiger partial charge in [-0.3, -0.25) is 19.7 Å². The van der Waals surface area contributed by atoms with Gasteiger partial charge in [-0.25, -0.2) is 4.39 Å². The van der Waals surface area contributed by atoms with Gasteiger partial charge in [0, 0.05) is 18.7 Å². The van der Waals surface area contributed by atoms with Crippen molar-refractivity contribution < 1.29 is 18.8 Å². The summed E-state index contributed by atoms with van der Waals surface area (Å²) in [6, 6.07) is 5.21. The molecule has 0 radical (unpaired) electrons. The van der Waals surface area contributed by atoms with Crippen molar-refractivity contribution in [1.29, 1.82) is 0 Å². The predicted molar refractivity (Wildman–Crippen MR) is 62.4 cm³/mol. The minimum Gasteiger partial charge on any atom is -0.337 e. The third-order valence-electron chi connectivity index (χ3n) is 3.62. The van der Waals surface area contributed by atoms with E-state index in [2.05, 4.69) is 5.32 Å². The summed E-state index contributed by atoms with van der Waals surface area (Å²) in [7, 11) is 0. The Balaban J connectivity index is 1.78. The first-order chi connectivity index (χ1) is 9.06. The molecule has 98 valence electrons. The van der Waals surface area contributed by atoms with E-state index in [9.17, 15) is 18.8 Å². The normalized spacial score (nSPS) is 25.4. The van der Waals surface area contributed by atoms with Crippen LogP contribution in [0.5, 0.6) is 0 Å². The third-order valence-corrected chi connectivity index (χ3v) is 3.62. The number of imide groups is 1. The summed E-state index contributed by atoms with van der Waals surface area (Å²) in [5.74, 6) is -2.22. The van der Waals surface area contributed by atoms with E-state index in [0.29, 0.717) is 5.56 Å². The Hall–Kier alpha value is -2.24. The molecule has 2 fully saturated rings. The van der Waals surface area contributed by atoms with E-state index in [0.717, 1.165) is 0 Å². The van der Waals surface area contributed by atoms with Crippen LogP contribution in [0.2, 0.25) is 0 Å². The first-order valence-corrected chi connectivity index (χ1v) is 5.96. The van der Waals surface area contributed by atoms with Gasteiger partial charge in [0.15, 0.2) is 0 Å². The Labute approximate surface area is 108 Å². The number of rotatable bonds is 1. The van der Waals surface area contributed by atoms with Gasteiger partial charge in [0.1, 0.15) is 5.82 Å². The topological polar surface area (TPSA) is 66.5 Å². The molecule has 0 bridgehead atoms. The average Bonchev–Trinajstić information content (AvgIpc) is 2.93. The van der Waals surface area contributed by atoms with Crippen molar-refractivity contribution in [2.45, 2.75) is 0 Å². The molecule has 2 aliphatic heterocycles. The van der Waals surface area contributed by atoms with Crippen LogP contribution in [-0.2, 0) is 9.59 Å². The van der Waals surface area contributed by atoms with E-state index in [1.54, 1.807) is 0 Å². The molecule has 0 unspecified atom stereocenters. The van der Waals surface area contributed by atoms with Crippen molar-refractivity contribution in [2.75, 3.05) is 13.1 Å². The molecule has 5 nitrogen and oxygen atoms in total. The highest BCUT2D eigenvalue weighted by molar-refractivity contribution is 6.06. The number of fused-ring (bicyclic) bond motifs is 1. The molecule has 3 rings (SSSR count). The van der Waals surface area contributed by atoms with Gasteiger partial charge in [0.05, 0.1) is 11.8 Å². The lowest BCUT2D eigenvalue weighted by atomic mass is 10.00. The van der Waals surface area contributed by atoms with Crippen molar-refractivity contribution in [3.63, 3.8) is 0 Å². The summed E-state index contributed by atoms with van der Waals surface area (Å²) in [5, 5.41) is 2.26. The Morgan fingerprint density at radius 3 is 2.16 bits per heavy atom. The van der Waals surface area contributed by atoms with Crippen LogP contribution in [0, 0.1) is 17.7 Å². The molecule has 1 aromatic rings. The second kappa shape index (κ2) is 4.15. The number of carbonyl (C=O) groups is 3. The zero-order chi connectivity index (χ0) is 13.6. The monoisotopic (exact) mass is 262 g/mol. The Morgan fingerprint density at radius 2 is 1.63 bits per heavy atom. The fourth-order valence-corrected chi connectivity index (χ4v) is 2.58. The van der Waals surface area contributed by atoms with E-state index < -0.39 is 17.7 Å². The van der Waals surface area contributed by atoms with Crippen LogP contribution in [0.3, 0.4) is 0 Å². The number of nitrogens with zero attached hydrogens (tertiary/aromatic N) is 1. The fraction of sp³-hybridized carbons (Fsp3) is 0.308. The number of hydrogen-bond donors (Lipinski definition) is 1. The molecule has 2 aliphatic rings. The quantitative estimate of drug-likeness (QED) is 0.734. The van der Waals surface area contributed by atoms with Crippen LogP contribution in [0.15, 0.2) is 24.3 Å². The Morgan fingerprint density at radius 1 is 1.11 bits per heavy atom. The zero-order valence-electron chi connectivity index (χ0n) is 9.93. The second-order valence-electron chi connectivity index (χ2n) is 4.78. The van der Waals surface area contributed by atoms with Crippen molar-refractivity contribution >= 4 is 17.7 Å². The van der Waals surface area contributed by atoms with E-state index >= 15 is 0 Å². The molecular weight excluding hydrogens is 251 g/mol. The Kier molecular flexibility index (Phi) is 2.58. The number of nitrogens with one attached hydrogen (secondary N) is 1. The van der Waals surface area contributed by atoms with Gasteiger partial charge in [0.2, 0.25) is 11.8 Å². The highest BCUT2D eigenvalue weighted by Crippen LogP contribution is 2.29. The molecule has 1 aromatic carbocycles. The van der Waals surface area contributed by atoms with Crippen molar-refractivity contribution in [2.24, 2.45) is 11.8 Å². The van der Waals surface area contributed by atoms with Crippen molar-refractivity contribution in [3.8, 4) is 0 Å². The minimum atomic E-state index is -0.447. The van der Waals surface area contributed by atoms with Crippen LogP contribution in [0.4, 0.5) is 4.39 Å². The summed E-state index contributed by atoms with van der Waals surface area (Å²) in [5.41, 5.74) is 0.356. The Bertz CT molecular complexity index is 548. The van der Waals surface area contributed by atoms with Crippen molar-refractivity contribution in [1.82, 2.24) is 10.2 Å². The van der Waals surface area contributed by atoms with Gasteiger partial charge in [-0.2, -0.15) is 0 Å². The van der Waals surface area contributed by atoms with Gasteiger partial charge in [-0.05, 0) is 24.3 Å². The number of amides is 3. The van der Waals surface area contributed by atoms with E-state index in [1.807, 2.05) is 0 Å². The van der Waals surface area contributed by atoms with Gasteiger partial charge < -0.3 is 4.90 Å². The number of carbonyl (C=O) groups excluding carboxylic acids is 3. The molecule has 0 saturated carbocycles. The van der Waals surface area contributed by atoms with Crippen LogP contribution in [0.25, 0.3) is 0 Å². The first kappa shape index (κ1) is 11.8. The first-order valence-electron chi connectivity index (χ1n) is 5.96. The molecule has 2 atom stereocenters. The summed E-state index contributed by atoms with van der Waals surface area (Å²) >= 11 is 0. The standard InChI is InChI=1S/C13H11FN2O3/c14-8-3-1-7(2-4-8)13(19)16-5-9-10(6-16)12(18)15-11(9)17/h1-4,9-10H,5-6H2,(H,15,17,18)/t9-,10+. The van der Waals surface area contributed by atoms with E-state index in [1.165, 1.54) is 29.2 Å². The lowest BCUT2D eigenvalue weighted by Crippen LogP contribution is -2.35. The lowest BCUT2D eigenvalue weighted by molar-refractivity contribution is -0.126.